The van der Waals surface area contributed by atoms with E-state index in [9.17, 15) is 4.79 Å². The molecule has 14 heavy (non-hydrogen) atoms. The maximum absolute atomic E-state index is 10.6. The van der Waals surface area contributed by atoms with Gasteiger partial charge in [0.1, 0.15) is 12.0 Å². The molecule has 0 bridgehead atoms. The van der Waals surface area contributed by atoms with Gasteiger partial charge in [-0.15, -0.1) is 0 Å². The highest BCUT2D eigenvalue weighted by molar-refractivity contribution is 5.88. The summed E-state index contributed by atoms with van der Waals surface area (Å²) in [5.74, 6) is -0.934. The average molecular weight is 189 g/mol. The van der Waals surface area contributed by atoms with Crippen LogP contribution in [0, 0.1) is 0 Å². The van der Waals surface area contributed by atoms with Crippen molar-refractivity contribution in [1.82, 2.24) is 5.16 Å². The maximum atomic E-state index is 10.6. The third-order valence-corrected chi connectivity index (χ3v) is 1.87. The summed E-state index contributed by atoms with van der Waals surface area (Å²) in [4.78, 5) is 10.6. The monoisotopic (exact) mass is 189 g/mol. The molecule has 70 valence electrons. The molecule has 1 heterocycles. The largest absolute Gasteiger partial charge is 0.478 e. The van der Waals surface area contributed by atoms with E-state index in [-0.39, 0.29) is 5.56 Å². The Labute approximate surface area is 79.8 Å². The fraction of sp³-hybridized carbons (Fsp3) is 0. The number of rotatable bonds is 2. The first-order valence-electron chi connectivity index (χ1n) is 4.01. The number of carboxylic acids is 1. The minimum atomic E-state index is -0.934. The van der Waals surface area contributed by atoms with Gasteiger partial charge in [0, 0.05) is 11.6 Å². The van der Waals surface area contributed by atoms with E-state index in [1.807, 2.05) is 0 Å². The maximum Gasteiger partial charge on any atom is 0.335 e. The molecule has 1 N–H and O–H groups in total. The van der Waals surface area contributed by atoms with Crippen LogP contribution in [0.25, 0.3) is 11.3 Å². The van der Waals surface area contributed by atoms with E-state index in [0.29, 0.717) is 5.69 Å². The molecule has 0 atom stereocenters. The van der Waals surface area contributed by atoms with Crippen LogP contribution in [0.5, 0.6) is 0 Å². The standard InChI is InChI=1S/C10H7NO3/c12-10(13)8-3-1-7(2-4-8)9-5-6-14-11-9/h1-6H,(H,12,13). The van der Waals surface area contributed by atoms with Crippen molar-refractivity contribution in [3.63, 3.8) is 0 Å². The molecule has 2 aromatic rings. The van der Waals surface area contributed by atoms with Crippen molar-refractivity contribution in [1.29, 1.82) is 0 Å². The Bertz CT molecular complexity index is 431. The smallest absolute Gasteiger partial charge is 0.335 e. The number of aromatic carboxylic acids is 1. The van der Waals surface area contributed by atoms with E-state index >= 15 is 0 Å². The Balaban J connectivity index is 2.36. The van der Waals surface area contributed by atoms with Gasteiger partial charge in [-0.3, -0.25) is 0 Å². The molecule has 0 radical (unpaired) electrons. The van der Waals surface area contributed by atoms with Crippen molar-refractivity contribution in [2.45, 2.75) is 0 Å². The molecule has 0 aliphatic heterocycles. The van der Waals surface area contributed by atoms with Crippen LogP contribution in [0.3, 0.4) is 0 Å². The molecule has 2 rings (SSSR count). The van der Waals surface area contributed by atoms with Gasteiger partial charge >= 0.3 is 5.97 Å². The van der Waals surface area contributed by atoms with Crippen LogP contribution >= 0.6 is 0 Å². The summed E-state index contributed by atoms with van der Waals surface area (Å²) < 4.78 is 4.68. The van der Waals surface area contributed by atoms with E-state index < -0.39 is 5.97 Å². The number of carbonyl (C=O) groups is 1. The van der Waals surface area contributed by atoms with Crippen LogP contribution in [-0.2, 0) is 0 Å². The molecule has 1 aromatic heterocycles. The first-order chi connectivity index (χ1) is 6.77. The van der Waals surface area contributed by atoms with Gasteiger partial charge in [0.15, 0.2) is 0 Å². The average Bonchev–Trinajstić information content (AvgIpc) is 2.71. The summed E-state index contributed by atoms with van der Waals surface area (Å²) >= 11 is 0. The molecule has 4 nitrogen and oxygen atoms in total. The van der Waals surface area contributed by atoms with Gasteiger partial charge in [-0.2, -0.15) is 0 Å². The van der Waals surface area contributed by atoms with Crippen molar-refractivity contribution in [3.8, 4) is 11.3 Å². The van der Waals surface area contributed by atoms with Crippen molar-refractivity contribution in [2.24, 2.45) is 0 Å². The van der Waals surface area contributed by atoms with Crippen LogP contribution in [-0.4, -0.2) is 16.2 Å². The van der Waals surface area contributed by atoms with Gasteiger partial charge in [0.2, 0.25) is 0 Å². The Morgan fingerprint density at radius 2 is 1.93 bits per heavy atom. The predicted octanol–water partition coefficient (Wildman–Crippen LogP) is 2.04. The zero-order valence-electron chi connectivity index (χ0n) is 7.18. The predicted molar refractivity (Wildman–Crippen MR) is 48.9 cm³/mol. The Morgan fingerprint density at radius 3 is 2.43 bits per heavy atom. The molecule has 0 aliphatic carbocycles. The number of hydrogen-bond acceptors (Lipinski definition) is 3. The van der Waals surface area contributed by atoms with E-state index in [2.05, 4.69) is 9.68 Å². The van der Waals surface area contributed by atoms with Crippen LogP contribution in [0.1, 0.15) is 10.4 Å². The van der Waals surface area contributed by atoms with Crippen molar-refractivity contribution >= 4 is 5.97 Å². The number of carboxylic acid groups (broad SMARTS) is 1. The Hall–Kier alpha value is -2.10. The van der Waals surface area contributed by atoms with Crippen LogP contribution < -0.4 is 0 Å². The lowest BCUT2D eigenvalue weighted by atomic mass is 10.1. The lowest BCUT2D eigenvalue weighted by Gasteiger charge is -1.96. The molecule has 0 saturated heterocycles. The van der Waals surface area contributed by atoms with Gasteiger partial charge in [0.25, 0.3) is 0 Å². The summed E-state index contributed by atoms with van der Waals surface area (Å²) in [7, 11) is 0. The van der Waals surface area contributed by atoms with Crippen molar-refractivity contribution in [3.05, 3.63) is 42.2 Å². The van der Waals surface area contributed by atoms with Gasteiger partial charge in [-0.1, -0.05) is 17.3 Å². The van der Waals surface area contributed by atoms with Crippen LogP contribution in [0.4, 0.5) is 0 Å². The van der Waals surface area contributed by atoms with E-state index in [1.54, 1.807) is 18.2 Å². The second kappa shape index (κ2) is 3.33. The van der Waals surface area contributed by atoms with E-state index in [0.717, 1.165) is 5.56 Å². The lowest BCUT2D eigenvalue weighted by molar-refractivity contribution is 0.0697. The van der Waals surface area contributed by atoms with Gasteiger partial charge in [-0.25, -0.2) is 4.79 Å². The van der Waals surface area contributed by atoms with E-state index in [1.165, 1.54) is 18.4 Å². The zero-order valence-corrected chi connectivity index (χ0v) is 7.18. The normalized spacial score (nSPS) is 10.0. The fourth-order valence-electron chi connectivity index (χ4n) is 1.15. The van der Waals surface area contributed by atoms with Gasteiger partial charge < -0.3 is 9.63 Å². The molecule has 0 saturated carbocycles. The highest BCUT2D eigenvalue weighted by Crippen LogP contribution is 2.17. The fourth-order valence-corrected chi connectivity index (χ4v) is 1.15. The second-order valence-electron chi connectivity index (χ2n) is 2.77. The molecule has 0 spiro atoms. The lowest BCUT2D eigenvalue weighted by Crippen LogP contribution is -1.94. The Morgan fingerprint density at radius 1 is 1.21 bits per heavy atom. The third-order valence-electron chi connectivity index (χ3n) is 1.87. The number of aromatic nitrogens is 1. The summed E-state index contributed by atoms with van der Waals surface area (Å²) in [6.45, 7) is 0. The van der Waals surface area contributed by atoms with Crippen molar-refractivity contribution < 1.29 is 14.4 Å². The molecular weight excluding hydrogens is 182 g/mol. The summed E-state index contributed by atoms with van der Waals surface area (Å²) in [5.41, 5.74) is 1.79. The first-order valence-corrected chi connectivity index (χ1v) is 4.01. The summed E-state index contributed by atoms with van der Waals surface area (Å²) in [6.07, 6.45) is 1.47. The quantitative estimate of drug-likeness (QED) is 0.785. The number of hydrogen-bond donors (Lipinski definition) is 1. The van der Waals surface area contributed by atoms with Gasteiger partial charge in [0.05, 0.1) is 5.56 Å². The summed E-state index contributed by atoms with van der Waals surface area (Å²) in [5, 5.41) is 12.4. The third kappa shape index (κ3) is 1.50. The molecule has 0 aliphatic rings. The molecule has 1 aromatic carbocycles. The molecule has 0 amide bonds. The zero-order chi connectivity index (χ0) is 9.97. The first kappa shape index (κ1) is 8.50. The number of nitrogens with zero attached hydrogens (tertiary/aromatic N) is 1. The molecule has 0 fully saturated rings. The Kier molecular flexibility index (Phi) is 2.02. The second-order valence-corrected chi connectivity index (χ2v) is 2.77. The van der Waals surface area contributed by atoms with Crippen molar-refractivity contribution in [2.75, 3.05) is 0 Å². The highest BCUT2D eigenvalue weighted by atomic mass is 16.5. The number of benzene rings is 1. The van der Waals surface area contributed by atoms with Crippen LogP contribution in [0.2, 0.25) is 0 Å². The van der Waals surface area contributed by atoms with Crippen LogP contribution in [0.15, 0.2) is 41.1 Å². The topological polar surface area (TPSA) is 63.3 Å². The highest BCUT2D eigenvalue weighted by Gasteiger charge is 2.04. The molecular formula is C10H7NO3. The molecule has 0 unspecified atom stereocenters. The molecule has 4 heteroatoms. The summed E-state index contributed by atoms with van der Waals surface area (Å²) in [6, 6.07) is 8.18. The van der Waals surface area contributed by atoms with E-state index in [4.69, 9.17) is 5.11 Å². The van der Waals surface area contributed by atoms with Gasteiger partial charge in [-0.05, 0) is 12.1 Å². The minimum absolute atomic E-state index is 0.261. The minimum Gasteiger partial charge on any atom is -0.478 e. The SMILES string of the molecule is O=C(O)c1ccc(-c2ccon2)cc1.